The zero-order valence-electron chi connectivity index (χ0n) is 22.5. The standard InChI is InChI=1S/C30H34N2O3S/c1-16-15-26(29(33)25-11-10-12-27-24(25)13-14-32(27)9)28(21(6)17(16)2)31-36(34,35)30-22(7)19(4)18(3)20(5)23(30)8/h10-15,31H,1-9H3. The maximum absolute atomic E-state index is 14.0. The fourth-order valence-corrected chi connectivity index (χ4v) is 6.84. The predicted octanol–water partition coefficient (Wildman–Crippen LogP) is 6.68. The van der Waals surface area contributed by atoms with Crippen LogP contribution in [-0.2, 0) is 17.1 Å². The van der Waals surface area contributed by atoms with Gasteiger partial charge in [0.1, 0.15) is 0 Å². The van der Waals surface area contributed by atoms with E-state index in [0.29, 0.717) is 16.8 Å². The normalized spacial score (nSPS) is 11.8. The maximum atomic E-state index is 14.0. The molecular formula is C30H34N2O3S. The smallest absolute Gasteiger partial charge is 0.262 e. The third-order valence-corrected chi connectivity index (χ3v) is 9.64. The molecule has 1 aromatic heterocycles. The molecule has 0 unspecified atom stereocenters. The van der Waals surface area contributed by atoms with Crippen molar-refractivity contribution in [1.82, 2.24) is 4.57 Å². The number of aromatic nitrogens is 1. The van der Waals surface area contributed by atoms with Crippen molar-refractivity contribution >= 4 is 32.4 Å². The van der Waals surface area contributed by atoms with E-state index in [2.05, 4.69) is 4.72 Å². The summed E-state index contributed by atoms with van der Waals surface area (Å²) in [6.07, 6.45) is 1.92. The summed E-state index contributed by atoms with van der Waals surface area (Å²) in [6, 6.07) is 9.35. The number of hydrogen-bond donors (Lipinski definition) is 1. The molecule has 188 valence electrons. The zero-order valence-corrected chi connectivity index (χ0v) is 23.4. The number of rotatable bonds is 5. The fourth-order valence-electron chi connectivity index (χ4n) is 5.09. The van der Waals surface area contributed by atoms with Crippen molar-refractivity contribution in [3.05, 3.63) is 92.2 Å². The second-order valence-corrected chi connectivity index (χ2v) is 11.5. The second kappa shape index (κ2) is 8.93. The third kappa shape index (κ3) is 3.94. The number of carbonyl (C=O) groups is 1. The first-order chi connectivity index (χ1) is 16.8. The Hall–Kier alpha value is -3.38. The Morgan fingerprint density at radius 3 is 1.94 bits per heavy atom. The van der Waals surface area contributed by atoms with Gasteiger partial charge >= 0.3 is 0 Å². The first kappa shape index (κ1) is 25.7. The molecule has 0 saturated carbocycles. The highest BCUT2D eigenvalue weighted by Crippen LogP contribution is 2.35. The molecule has 0 fully saturated rings. The van der Waals surface area contributed by atoms with E-state index in [1.54, 1.807) is 12.1 Å². The van der Waals surface area contributed by atoms with E-state index in [9.17, 15) is 13.2 Å². The summed E-state index contributed by atoms with van der Waals surface area (Å²) in [7, 11) is -2.03. The molecule has 1 N–H and O–H groups in total. The lowest BCUT2D eigenvalue weighted by molar-refractivity contribution is 0.104. The Labute approximate surface area is 214 Å². The van der Waals surface area contributed by atoms with Crippen LogP contribution in [0.15, 0.2) is 41.4 Å². The van der Waals surface area contributed by atoms with Crippen LogP contribution in [0.1, 0.15) is 60.4 Å². The molecule has 5 nitrogen and oxygen atoms in total. The van der Waals surface area contributed by atoms with Crippen LogP contribution in [0.25, 0.3) is 10.9 Å². The molecular weight excluding hydrogens is 468 g/mol. The lowest BCUT2D eigenvalue weighted by Gasteiger charge is -2.22. The number of ketones is 1. The van der Waals surface area contributed by atoms with Gasteiger partial charge in [-0.1, -0.05) is 12.1 Å². The van der Waals surface area contributed by atoms with Crippen molar-refractivity contribution in [1.29, 1.82) is 0 Å². The number of nitrogens with one attached hydrogen (secondary N) is 1. The van der Waals surface area contributed by atoms with E-state index in [1.165, 1.54) is 0 Å². The molecule has 6 heteroatoms. The minimum atomic E-state index is -3.97. The van der Waals surface area contributed by atoms with Gasteiger partial charge in [0.25, 0.3) is 10.0 Å². The van der Waals surface area contributed by atoms with Crippen LogP contribution in [0.5, 0.6) is 0 Å². The molecule has 1 heterocycles. The number of carbonyl (C=O) groups excluding carboxylic acids is 1. The number of nitrogens with zero attached hydrogens (tertiary/aromatic N) is 1. The van der Waals surface area contributed by atoms with Gasteiger partial charge in [-0.3, -0.25) is 9.52 Å². The molecule has 4 aromatic rings. The summed E-state index contributed by atoms with van der Waals surface area (Å²) >= 11 is 0. The van der Waals surface area contributed by atoms with E-state index in [0.717, 1.165) is 55.4 Å². The summed E-state index contributed by atoms with van der Waals surface area (Å²) in [5.74, 6) is -0.208. The highest BCUT2D eigenvalue weighted by Gasteiger charge is 2.28. The Balaban J connectivity index is 1.94. The van der Waals surface area contributed by atoms with Crippen molar-refractivity contribution < 1.29 is 13.2 Å². The average Bonchev–Trinajstić information content (AvgIpc) is 3.22. The van der Waals surface area contributed by atoms with Crippen molar-refractivity contribution in [3.63, 3.8) is 0 Å². The first-order valence-electron chi connectivity index (χ1n) is 12.1. The van der Waals surface area contributed by atoms with E-state index < -0.39 is 10.0 Å². The summed E-state index contributed by atoms with van der Waals surface area (Å²) in [4.78, 5) is 14.3. The number of hydrogen-bond acceptors (Lipinski definition) is 3. The third-order valence-electron chi connectivity index (χ3n) is 8.01. The highest BCUT2D eigenvalue weighted by molar-refractivity contribution is 7.92. The second-order valence-electron chi connectivity index (χ2n) is 9.92. The van der Waals surface area contributed by atoms with Crippen LogP contribution in [0.2, 0.25) is 0 Å². The number of anilines is 1. The lowest BCUT2D eigenvalue weighted by atomic mass is 9.92. The Morgan fingerprint density at radius 1 is 0.750 bits per heavy atom. The zero-order chi connectivity index (χ0) is 26.7. The van der Waals surface area contributed by atoms with E-state index in [-0.39, 0.29) is 10.7 Å². The summed E-state index contributed by atoms with van der Waals surface area (Å²) in [5.41, 5.74) is 9.29. The SMILES string of the molecule is Cc1cc(C(=O)c2cccc3c2ccn3C)c(NS(=O)(=O)c2c(C)c(C)c(C)c(C)c2C)c(C)c1C. The molecule has 0 aliphatic heterocycles. The van der Waals surface area contributed by atoms with Gasteiger partial charge in [0, 0.05) is 35.3 Å². The van der Waals surface area contributed by atoms with Gasteiger partial charge in [0.15, 0.2) is 5.78 Å². The van der Waals surface area contributed by atoms with Crippen LogP contribution in [0, 0.1) is 55.4 Å². The van der Waals surface area contributed by atoms with Crippen molar-refractivity contribution in [2.75, 3.05) is 4.72 Å². The Morgan fingerprint density at radius 2 is 1.33 bits per heavy atom. The van der Waals surface area contributed by atoms with Crippen molar-refractivity contribution in [3.8, 4) is 0 Å². The van der Waals surface area contributed by atoms with Crippen LogP contribution in [0.4, 0.5) is 5.69 Å². The number of sulfonamides is 1. The van der Waals surface area contributed by atoms with Crippen molar-refractivity contribution in [2.45, 2.75) is 60.3 Å². The molecule has 0 spiro atoms. The fraction of sp³-hybridized carbons (Fsp3) is 0.300. The summed E-state index contributed by atoms with van der Waals surface area (Å²) in [6.45, 7) is 15.4. The molecule has 0 amide bonds. The monoisotopic (exact) mass is 502 g/mol. The summed E-state index contributed by atoms with van der Waals surface area (Å²) in [5, 5.41) is 0.839. The highest BCUT2D eigenvalue weighted by atomic mass is 32.2. The summed E-state index contributed by atoms with van der Waals surface area (Å²) < 4.78 is 32.6. The number of aryl methyl sites for hydroxylation is 2. The molecule has 3 aromatic carbocycles. The van der Waals surface area contributed by atoms with Gasteiger partial charge in [-0.15, -0.1) is 0 Å². The van der Waals surface area contributed by atoms with Gasteiger partial charge in [0.2, 0.25) is 0 Å². The van der Waals surface area contributed by atoms with Crippen LogP contribution < -0.4 is 4.72 Å². The number of benzene rings is 3. The molecule has 4 rings (SSSR count). The number of fused-ring (bicyclic) bond motifs is 1. The minimum Gasteiger partial charge on any atom is -0.351 e. The quantitative estimate of drug-likeness (QED) is 0.310. The largest absolute Gasteiger partial charge is 0.351 e. The average molecular weight is 503 g/mol. The predicted molar refractivity (Wildman–Crippen MR) is 148 cm³/mol. The molecule has 0 atom stereocenters. The van der Waals surface area contributed by atoms with E-state index in [4.69, 9.17) is 0 Å². The van der Waals surface area contributed by atoms with Gasteiger partial charge in [0.05, 0.1) is 10.6 Å². The molecule has 0 radical (unpaired) electrons. The molecule has 36 heavy (non-hydrogen) atoms. The van der Waals surface area contributed by atoms with Crippen LogP contribution in [0.3, 0.4) is 0 Å². The lowest BCUT2D eigenvalue weighted by Crippen LogP contribution is -2.21. The minimum absolute atomic E-state index is 0.208. The maximum Gasteiger partial charge on any atom is 0.262 e. The van der Waals surface area contributed by atoms with E-state index in [1.807, 2.05) is 91.4 Å². The van der Waals surface area contributed by atoms with Gasteiger partial charge in [-0.25, -0.2) is 8.42 Å². The Bertz CT molecular complexity index is 1650. The molecule has 0 bridgehead atoms. The molecule has 0 saturated heterocycles. The molecule has 0 aliphatic carbocycles. The first-order valence-corrected chi connectivity index (χ1v) is 13.6. The van der Waals surface area contributed by atoms with Crippen molar-refractivity contribution in [2.24, 2.45) is 7.05 Å². The van der Waals surface area contributed by atoms with Gasteiger partial charge in [-0.2, -0.15) is 0 Å². The van der Waals surface area contributed by atoms with Crippen LogP contribution >= 0.6 is 0 Å². The van der Waals surface area contributed by atoms with Gasteiger partial charge < -0.3 is 4.57 Å². The Kier molecular flexibility index (Phi) is 6.38. The van der Waals surface area contributed by atoms with Crippen LogP contribution in [-0.4, -0.2) is 18.8 Å². The molecule has 0 aliphatic rings. The van der Waals surface area contributed by atoms with E-state index >= 15 is 0 Å². The topological polar surface area (TPSA) is 68.2 Å². The van der Waals surface area contributed by atoms with Gasteiger partial charge in [-0.05, 0) is 118 Å².